The number of anilines is 2. The fourth-order valence-corrected chi connectivity index (χ4v) is 5.54. The number of hydrogen-bond acceptors (Lipinski definition) is 3. The highest BCUT2D eigenvalue weighted by Crippen LogP contribution is 2.45. The Bertz CT molecular complexity index is 1090. The van der Waals surface area contributed by atoms with Crippen molar-refractivity contribution < 1.29 is 0 Å². The summed E-state index contributed by atoms with van der Waals surface area (Å²) >= 11 is 0. The Hall–Kier alpha value is -2.36. The second-order valence-corrected chi connectivity index (χ2v) is 8.89. The van der Waals surface area contributed by atoms with Crippen LogP contribution < -0.4 is 4.90 Å². The van der Waals surface area contributed by atoms with Gasteiger partial charge in [-0.15, -0.1) is 0 Å². The second kappa shape index (κ2) is 7.16. The van der Waals surface area contributed by atoms with E-state index in [4.69, 9.17) is 10.1 Å². The first-order valence-electron chi connectivity index (χ1n) is 11.0. The van der Waals surface area contributed by atoms with Gasteiger partial charge in [-0.05, 0) is 89.0 Å². The first-order valence-corrected chi connectivity index (χ1v) is 11.0. The summed E-state index contributed by atoms with van der Waals surface area (Å²) in [7, 11) is 0. The van der Waals surface area contributed by atoms with Crippen molar-refractivity contribution >= 4 is 17.2 Å². The summed E-state index contributed by atoms with van der Waals surface area (Å²) in [6.07, 6.45) is 3.37. The van der Waals surface area contributed by atoms with E-state index in [0.29, 0.717) is 12.0 Å². The molecule has 1 atom stereocenters. The van der Waals surface area contributed by atoms with Gasteiger partial charge in [0.2, 0.25) is 0 Å². The summed E-state index contributed by atoms with van der Waals surface area (Å²) in [5.74, 6) is 1.82. The molecule has 0 saturated carbocycles. The summed E-state index contributed by atoms with van der Waals surface area (Å²) in [6, 6.07) is 4.86. The van der Waals surface area contributed by atoms with Crippen molar-refractivity contribution in [2.45, 2.75) is 86.6 Å². The topological polar surface area (TPSA) is 33.4 Å². The Kier molecular flexibility index (Phi) is 4.92. The van der Waals surface area contributed by atoms with Crippen molar-refractivity contribution in [1.82, 2.24) is 14.6 Å². The van der Waals surface area contributed by atoms with Crippen LogP contribution in [0, 0.1) is 34.6 Å². The Balaban J connectivity index is 2.02. The number of fused-ring (bicyclic) bond motifs is 3. The highest BCUT2D eigenvalue weighted by Gasteiger charge is 2.35. The van der Waals surface area contributed by atoms with E-state index in [2.05, 4.69) is 70.0 Å². The fourth-order valence-electron chi connectivity index (χ4n) is 5.54. The van der Waals surface area contributed by atoms with Crippen LogP contribution in [0.1, 0.15) is 78.7 Å². The minimum atomic E-state index is 0.385. The van der Waals surface area contributed by atoms with Crippen LogP contribution in [0.5, 0.6) is 0 Å². The van der Waals surface area contributed by atoms with Gasteiger partial charge in [0.1, 0.15) is 5.82 Å². The van der Waals surface area contributed by atoms with Gasteiger partial charge in [-0.2, -0.15) is 9.61 Å². The maximum atomic E-state index is 4.84. The van der Waals surface area contributed by atoms with Crippen LogP contribution in [0.2, 0.25) is 0 Å². The molecule has 4 nitrogen and oxygen atoms in total. The molecule has 2 aromatic heterocycles. The zero-order valence-electron chi connectivity index (χ0n) is 19.2. The molecule has 154 valence electrons. The van der Waals surface area contributed by atoms with Gasteiger partial charge in [-0.3, -0.25) is 0 Å². The molecule has 1 unspecified atom stereocenters. The molecule has 1 aliphatic heterocycles. The smallest absolute Gasteiger partial charge is 0.157 e. The van der Waals surface area contributed by atoms with Gasteiger partial charge in [0.25, 0.3) is 0 Å². The lowest BCUT2D eigenvalue weighted by Gasteiger charge is -2.32. The molecular formula is C25H34N4. The molecule has 0 aliphatic carbocycles. The lowest BCUT2D eigenvalue weighted by molar-refractivity contribution is 0.633. The van der Waals surface area contributed by atoms with Crippen molar-refractivity contribution in [3.8, 4) is 0 Å². The number of rotatable bonds is 4. The number of nitrogens with zero attached hydrogens (tertiary/aromatic N) is 4. The number of hydrogen-bond donors (Lipinski definition) is 0. The maximum absolute atomic E-state index is 4.84. The summed E-state index contributed by atoms with van der Waals surface area (Å²) < 4.78 is 2.07. The SMILES string of the molecule is CCC(CC)c1c(C)cc(C)c(N2c3c(c(C)nc4cc(C)nn34)CC2C)c1C. The molecule has 1 aliphatic rings. The molecule has 3 aromatic rings. The predicted octanol–water partition coefficient (Wildman–Crippen LogP) is 6.26. The van der Waals surface area contributed by atoms with Crippen molar-refractivity contribution in [3.05, 3.63) is 51.3 Å². The van der Waals surface area contributed by atoms with Gasteiger partial charge >= 0.3 is 0 Å². The first kappa shape index (κ1) is 19.9. The van der Waals surface area contributed by atoms with Crippen molar-refractivity contribution in [2.24, 2.45) is 0 Å². The van der Waals surface area contributed by atoms with Gasteiger partial charge in [-0.1, -0.05) is 19.9 Å². The zero-order valence-corrected chi connectivity index (χ0v) is 19.2. The van der Waals surface area contributed by atoms with Gasteiger partial charge in [0.15, 0.2) is 5.65 Å². The normalized spacial score (nSPS) is 16.3. The van der Waals surface area contributed by atoms with E-state index in [-0.39, 0.29) is 0 Å². The van der Waals surface area contributed by atoms with Crippen molar-refractivity contribution in [3.63, 3.8) is 0 Å². The molecule has 0 fully saturated rings. The Morgan fingerprint density at radius 1 is 1.03 bits per heavy atom. The molecule has 29 heavy (non-hydrogen) atoms. The van der Waals surface area contributed by atoms with E-state index in [9.17, 15) is 0 Å². The monoisotopic (exact) mass is 390 g/mol. The van der Waals surface area contributed by atoms with Crippen LogP contribution in [0.25, 0.3) is 5.65 Å². The predicted molar refractivity (Wildman–Crippen MR) is 122 cm³/mol. The Labute approximate surface area is 175 Å². The van der Waals surface area contributed by atoms with Gasteiger partial charge in [-0.25, -0.2) is 4.98 Å². The summed E-state index contributed by atoms with van der Waals surface area (Å²) in [4.78, 5) is 7.38. The van der Waals surface area contributed by atoms with E-state index < -0.39 is 0 Å². The number of benzene rings is 1. The average molecular weight is 391 g/mol. The standard InChI is InChI=1S/C25H34N4/c1-9-20(10-2)23-14(3)11-15(4)24(18(23)7)28-17(6)13-21-19(8)26-22-12-16(5)27-29(22)25(21)28/h11-12,17,20H,9-10,13H2,1-8H3. The van der Waals surface area contributed by atoms with E-state index in [0.717, 1.165) is 23.5 Å². The van der Waals surface area contributed by atoms with E-state index in [1.807, 2.05) is 6.92 Å². The van der Waals surface area contributed by atoms with Gasteiger partial charge in [0, 0.05) is 29.1 Å². The summed E-state index contributed by atoms with van der Waals surface area (Å²) in [5.41, 5.74) is 11.5. The van der Waals surface area contributed by atoms with E-state index >= 15 is 0 Å². The van der Waals surface area contributed by atoms with Crippen LogP contribution in [-0.2, 0) is 6.42 Å². The van der Waals surface area contributed by atoms with E-state index in [1.165, 1.54) is 52.2 Å². The van der Waals surface area contributed by atoms with Crippen LogP contribution >= 0.6 is 0 Å². The molecule has 0 saturated heterocycles. The molecule has 0 radical (unpaired) electrons. The zero-order chi connectivity index (χ0) is 21.0. The largest absolute Gasteiger partial charge is 0.322 e. The fraction of sp³-hybridized carbons (Fsp3) is 0.520. The van der Waals surface area contributed by atoms with Gasteiger partial charge < -0.3 is 4.90 Å². The molecule has 0 bridgehead atoms. The van der Waals surface area contributed by atoms with Crippen molar-refractivity contribution in [1.29, 1.82) is 0 Å². The molecule has 1 aromatic carbocycles. The van der Waals surface area contributed by atoms with Crippen LogP contribution in [0.4, 0.5) is 11.5 Å². The lowest BCUT2D eigenvalue weighted by Crippen LogP contribution is -2.27. The van der Waals surface area contributed by atoms with Gasteiger partial charge in [0.05, 0.1) is 5.69 Å². The second-order valence-electron chi connectivity index (χ2n) is 8.89. The molecule has 4 heteroatoms. The number of aryl methyl sites for hydroxylation is 4. The molecule has 0 spiro atoms. The highest BCUT2D eigenvalue weighted by atomic mass is 15.4. The molecule has 4 rings (SSSR count). The van der Waals surface area contributed by atoms with E-state index in [1.54, 1.807) is 0 Å². The third kappa shape index (κ3) is 2.95. The summed E-state index contributed by atoms with van der Waals surface area (Å²) in [6.45, 7) is 18.0. The lowest BCUT2D eigenvalue weighted by atomic mass is 9.84. The number of aromatic nitrogens is 3. The quantitative estimate of drug-likeness (QED) is 0.527. The molecule has 0 amide bonds. The Morgan fingerprint density at radius 3 is 2.38 bits per heavy atom. The highest BCUT2D eigenvalue weighted by molar-refractivity contribution is 5.77. The van der Waals surface area contributed by atoms with Crippen LogP contribution in [0.3, 0.4) is 0 Å². The third-order valence-corrected chi connectivity index (χ3v) is 6.80. The van der Waals surface area contributed by atoms with Crippen LogP contribution in [-0.4, -0.2) is 20.6 Å². The molecular weight excluding hydrogens is 356 g/mol. The minimum Gasteiger partial charge on any atom is -0.322 e. The summed E-state index contributed by atoms with van der Waals surface area (Å²) in [5, 5.41) is 4.82. The first-order chi connectivity index (χ1) is 13.8. The van der Waals surface area contributed by atoms with Crippen LogP contribution in [0.15, 0.2) is 12.1 Å². The Morgan fingerprint density at radius 2 is 1.72 bits per heavy atom. The average Bonchev–Trinajstić information content (AvgIpc) is 3.18. The minimum absolute atomic E-state index is 0.385. The van der Waals surface area contributed by atoms with Crippen molar-refractivity contribution in [2.75, 3.05) is 4.90 Å². The molecule has 0 N–H and O–H groups in total. The maximum Gasteiger partial charge on any atom is 0.157 e. The molecule has 3 heterocycles. The third-order valence-electron chi connectivity index (χ3n) is 6.80.